The Morgan fingerprint density at radius 1 is 1.24 bits per heavy atom. The number of benzene rings is 1. The van der Waals surface area contributed by atoms with Crippen molar-refractivity contribution in [2.24, 2.45) is 4.99 Å². The third-order valence-electron chi connectivity index (χ3n) is 3.49. The van der Waals surface area contributed by atoms with Gasteiger partial charge in [0.25, 0.3) is 0 Å². The quantitative estimate of drug-likeness (QED) is 0.270. The van der Waals surface area contributed by atoms with Crippen molar-refractivity contribution < 1.29 is 9.53 Å². The zero-order chi connectivity index (χ0) is 17.9. The Balaban J connectivity index is 0.00000576. The zero-order valence-electron chi connectivity index (χ0n) is 15.9. The van der Waals surface area contributed by atoms with Crippen molar-refractivity contribution in [2.45, 2.75) is 33.2 Å². The van der Waals surface area contributed by atoms with Crippen LogP contribution in [0.15, 0.2) is 23.2 Å². The van der Waals surface area contributed by atoms with Gasteiger partial charge in [0.2, 0.25) is 5.91 Å². The summed E-state index contributed by atoms with van der Waals surface area (Å²) in [5.74, 6) is 1.49. The van der Waals surface area contributed by atoms with Gasteiger partial charge in [-0.15, -0.1) is 24.0 Å². The number of halogens is 1. The number of hydrogen-bond donors (Lipinski definition) is 2. The number of amides is 1. The van der Waals surface area contributed by atoms with Gasteiger partial charge in [0, 0.05) is 20.6 Å². The van der Waals surface area contributed by atoms with Gasteiger partial charge in [0.15, 0.2) is 5.96 Å². The van der Waals surface area contributed by atoms with Crippen molar-refractivity contribution in [3.8, 4) is 5.75 Å². The SMILES string of the molecule is CCCCNC(=NCc1cc(C)cc(OC)c1)NCC(=O)N(C)C.I. The Hall–Kier alpha value is -1.51. The van der Waals surface area contributed by atoms with Crippen molar-refractivity contribution in [1.29, 1.82) is 0 Å². The Labute approximate surface area is 168 Å². The fourth-order valence-electron chi connectivity index (χ4n) is 2.08. The smallest absolute Gasteiger partial charge is 0.241 e. The van der Waals surface area contributed by atoms with E-state index in [-0.39, 0.29) is 36.4 Å². The summed E-state index contributed by atoms with van der Waals surface area (Å²) in [5.41, 5.74) is 2.21. The Kier molecular flexibility index (Phi) is 12.0. The van der Waals surface area contributed by atoms with E-state index in [1.807, 2.05) is 19.1 Å². The number of methoxy groups -OCH3 is 1. The molecule has 0 saturated heterocycles. The van der Waals surface area contributed by atoms with Crippen LogP contribution in [0.5, 0.6) is 5.75 Å². The number of carbonyl (C=O) groups excluding carboxylic acids is 1. The molecule has 0 spiro atoms. The topological polar surface area (TPSA) is 66.0 Å². The molecule has 1 amide bonds. The first kappa shape index (κ1) is 23.5. The van der Waals surface area contributed by atoms with E-state index in [4.69, 9.17) is 4.74 Å². The van der Waals surface area contributed by atoms with Crippen LogP contribution in [0, 0.1) is 6.92 Å². The third-order valence-corrected chi connectivity index (χ3v) is 3.49. The summed E-state index contributed by atoms with van der Waals surface area (Å²) in [6.45, 7) is 5.75. The fraction of sp³-hybridized carbons (Fsp3) is 0.556. The number of unbranched alkanes of at least 4 members (excludes halogenated alkanes) is 1. The van der Waals surface area contributed by atoms with E-state index in [2.05, 4.69) is 28.6 Å². The number of nitrogens with one attached hydrogen (secondary N) is 2. The number of aliphatic imine (C=N–C) groups is 1. The first-order valence-electron chi connectivity index (χ1n) is 8.33. The molecule has 1 aromatic rings. The molecule has 0 aliphatic carbocycles. The van der Waals surface area contributed by atoms with E-state index >= 15 is 0 Å². The maximum atomic E-state index is 11.7. The van der Waals surface area contributed by atoms with Gasteiger partial charge in [-0.05, 0) is 36.6 Å². The summed E-state index contributed by atoms with van der Waals surface area (Å²) in [4.78, 5) is 17.9. The van der Waals surface area contributed by atoms with Crippen molar-refractivity contribution in [3.05, 3.63) is 29.3 Å². The van der Waals surface area contributed by atoms with Crippen LogP contribution in [0.1, 0.15) is 30.9 Å². The lowest BCUT2D eigenvalue weighted by atomic mass is 10.1. The number of nitrogens with zero attached hydrogens (tertiary/aromatic N) is 2. The van der Waals surface area contributed by atoms with Crippen LogP contribution in [0.25, 0.3) is 0 Å². The first-order valence-corrected chi connectivity index (χ1v) is 8.33. The maximum absolute atomic E-state index is 11.7. The molecule has 0 aromatic heterocycles. The molecule has 0 aliphatic rings. The van der Waals surface area contributed by atoms with E-state index in [0.717, 1.165) is 36.3 Å². The number of aryl methyl sites for hydroxylation is 1. The van der Waals surface area contributed by atoms with Gasteiger partial charge in [0.05, 0.1) is 20.2 Å². The summed E-state index contributed by atoms with van der Waals surface area (Å²) in [7, 11) is 5.14. The number of ether oxygens (including phenoxy) is 1. The second-order valence-electron chi connectivity index (χ2n) is 5.95. The lowest BCUT2D eigenvalue weighted by molar-refractivity contribution is -0.127. The number of guanidine groups is 1. The molecular weight excluding hydrogens is 431 g/mol. The molecule has 0 saturated carbocycles. The molecule has 0 bridgehead atoms. The molecule has 2 N–H and O–H groups in total. The van der Waals surface area contributed by atoms with Crippen LogP contribution in [-0.4, -0.2) is 51.1 Å². The zero-order valence-corrected chi connectivity index (χ0v) is 18.2. The minimum absolute atomic E-state index is 0. The molecule has 0 heterocycles. The number of likely N-dealkylation sites (N-methyl/N-ethyl adjacent to an activating group) is 1. The van der Waals surface area contributed by atoms with Gasteiger partial charge in [-0.1, -0.05) is 19.4 Å². The van der Waals surface area contributed by atoms with Crippen LogP contribution < -0.4 is 15.4 Å². The van der Waals surface area contributed by atoms with E-state index in [1.165, 1.54) is 0 Å². The van der Waals surface area contributed by atoms with Crippen LogP contribution in [0.4, 0.5) is 0 Å². The van der Waals surface area contributed by atoms with Crippen LogP contribution in [0.2, 0.25) is 0 Å². The Morgan fingerprint density at radius 3 is 2.56 bits per heavy atom. The standard InChI is InChI=1S/C18H30N4O2.HI/c1-6-7-8-19-18(21-13-17(23)22(3)4)20-12-15-9-14(2)10-16(11-15)24-5;/h9-11H,6-8,12-13H2,1-5H3,(H2,19,20,21);1H. The van der Waals surface area contributed by atoms with E-state index in [0.29, 0.717) is 12.5 Å². The molecule has 1 aromatic carbocycles. The summed E-state index contributed by atoms with van der Waals surface area (Å²) in [6.07, 6.45) is 2.16. The highest BCUT2D eigenvalue weighted by molar-refractivity contribution is 14.0. The van der Waals surface area contributed by atoms with Crippen LogP contribution >= 0.6 is 24.0 Å². The number of rotatable bonds is 8. The normalized spacial score (nSPS) is 10.7. The lowest BCUT2D eigenvalue weighted by Crippen LogP contribution is -2.43. The van der Waals surface area contributed by atoms with Gasteiger partial charge >= 0.3 is 0 Å². The third kappa shape index (κ3) is 9.52. The largest absolute Gasteiger partial charge is 0.497 e. The van der Waals surface area contributed by atoms with E-state index in [1.54, 1.807) is 26.1 Å². The molecular formula is C18H31IN4O2. The Bertz CT molecular complexity index is 562. The molecule has 0 unspecified atom stereocenters. The van der Waals surface area contributed by atoms with Gasteiger partial charge in [0.1, 0.15) is 5.75 Å². The van der Waals surface area contributed by atoms with Gasteiger partial charge in [-0.2, -0.15) is 0 Å². The minimum atomic E-state index is 0. The number of carbonyl (C=O) groups is 1. The van der Waals surface area contributed by atoms with E-state index < -0.39 is 0 Å². The van der Waals surface area contributed by atoms with Gasteiger partial charge in [-0.25, -0.2) is 4.99 Å². The molecule has 25 heavy (non-hydrogen) atoms. The van der Waals surface area contributed by atoms with Crippen molar-refractivity contribution >= 4 is 35.8 Å². The molecule has 142 valence electrons. The van der Waals surface area contributed by atoms with Crippen molar-refractivity contribution in [3.63, 3.8) is 0 Å². The predicted molar refractivity (Wildman–Crippen MR) is 114 cm³/mol. The average Bonchev–Trinajstić information content (AvgIpc) is 2.55. The highest BCUT2D eigenvalue weighted by Gasteiger charge is 2.06. The second kappa shape index (κ2) is 12.8. The summed E-state index contributed by atoms with van der Waals surface area (Å²) in [6, 6.07) is 6.05. The fourth-order valence-corrected chi connectivity index (χ4v) is 2.08. The minimum Gasteiger partial charge on any atom is -0.497 e. The molecule has 7 heteroatoms. The molecule has 0 atom stereocenters. The maximum Gasteiger partial charge on any atom is 0.241 e. The highest BCUT2D eigenvalue weighted by atomic mass is 127. The van der Waals surface area contributed by atoms with Crippen LogP contribution in [-0.2, 0) is 11.3 Å². The van der Waals surface area contributed by atoms with E-state index in [9.17, 15) is 4.79 Å². The van der Waals surface area contributed by atoms with Crippen molar-refractivity contribution in [2.75, 3.05) is 34.3 Å². The second-order valence-corrected chi connectivity index (χ2v) is 5.95. The average molecular weight is 462 g/mol. The predicted octanol–water partition coefficient (Wildman–Crippen LogP) is 2.55. The molecule has 0 aliphatic heterocycles. The molecule has 0 fully saturated rings. The Morgan fingerprint density at radius 2 is 1.96 bits per heavy atom. The lowest BCUT2D eigenvalue weighted by Gasteiger charge is -2.15. The number of hydrogen-bond acceptors (Lipinski definition) is 3. The summed E-state index contributed by atoms with van der Waals surface area (Å²) < 4.78 is 5.30. The summed E-state index contributed by atoms with van der Waals surface area (Å²) >= 11 is 0. The summed E-state index contributed by atoms with van der Waals surface area (Å²) in [5, 5.41) is 6.35. The van der Waals surface area contributed by atoms with Crippen molar-refractivity contribution in [1.82, 2.24) is 15.5 Å². The molecule has 1 rings (SSSR count). The van der Waals surface area contributed by atoms with Crippen LogP contribution in [0.3, 0.4) is 0 Å². The molecule has 0 radical (unpaired) electrons. The highest BCUT2D eigenvalue weighted by Crippen LogP contribution is 2.16. The first-order chi connectivity index (χ1) is 11.5. The van der Waals surface area contributed by atoms with Gasteiger partial charge in [-0.3, -0.25) is 4.79 Å². The monoisotopic (exact) mass is 462 g/mol. The van der Waals surface area contributed by atoms with Gasteiger partial charge < -0.3 is 20.3 Å². The molecule has 6 nitrogen and oxygen atoms in total.